The molecule has 1 fully saturated rings. The van der Waals surface area contributed by atoms with Crippen LogP contribution in [-0.4, -0.2) is 23.9 Å². The molecule has 4 nitrogen and oxygen atoms in total. The van der Waals surface area contributed by atoms with Gasteiger partial charge in [0.1, 0.15) is 0 Å². The van der Waals surface area contributed by atoms with Crippen molar-refractivity contribution in [1.29, 1.82) is 0 Å². The quantitative estimate of drug-likeness (QED) is 0.531. The van der Waals surface area contributed by atoms with Crippen molar-refractivity contribution >= 4 is 11.9 Å². The molecule has 1 aliphatic heterocycles. The Morgan fingerprint density at radius 2 is 1.81 bits per heavy atom. The van der Waals surface area contributed by atoms with Crippen molar-refractivity contribution in [3.05, 3.63) is 106 Å². The zero-order chi connectivity index (χ0) is 21.4. The SMILES string of the molecule is COC(=O)c1cc(C2CC2)ccc1Cc1ccc2c(c1)CN(Cc1ccccc1)C2=O. The van der Waals surface area contributed by atoms with Gasteiger partial charge in [0.2, 0.25) is 0 Å². The molecule has 1 aliphatic carbocycles. The zero-order valence-electron chi connectivity index (χ0n) is 17.6. The first-order valence-electron chi connectivity index (χ1n) is 10.8. The second kappa shape index (κ2) is 8.03. The van der Waals surface area contributed by atoms with Crippen molar-refractivity contribution in [2.75, 3.05) is 7.11 Å². The van der Waals surface area contributed by atoms with Gasteiger partial charge in [0, 0.05) is 18.7 Å². The second-order valence-corrected chi connectivity index (χ2v) is 8.50. The predicted molar refractivity (Wildman–Crippen MR) is 119 cm³/mol. The van der Waals surface area contributed by atoms with E-state index in [2.05, 4.69) is 18.2 Å². The molecule has 0 unspecified atom stereocenters. The lowest BCUT2D eigenvalue weighted by Crippen LogP contribution is -2.23. The third-order valence-corrected chi connectivity index (χ3v) is 6.25. The fourth-order valence-corrected chi connectivity index (χ4v) is 4.41. The molecule has 4 heteroatoms. The number of nitrogens with zero attached hydrogens (tertiary/aromatic N) is 1. The average molecular weight is 412 g/mol. The van der Waals surface area contributed by atoms with Gasteiger partial charge in [-0.2, -0.15) is 0 Å². The molecule has 0 atom stereocenters. The second-order valence-electron chi connectivity index (χ2n) is 8.50. The van der Waals surface area contributed by atoms with Crippen LogP contribution in [0.3, 0.4) is 0 Å². The largest absolute Gasteiger partial charge is 0.465 e. The molecule has 5 rings (SSSR count). The fraction of sp³-hybridized carbons (Fsp3) is 0.259. The maximum Gasteiger partial charge on any atom is 0.338 e. The first kappa shape index (κ1) is 19.6. The predicted octanol–water partition coefficient (Wildman–Crippen LogP) is 5.10. The summed E-state index contributed by atoms with van der Waals surface area (Å²) in [6.45, 7) is 1.22. The van der Waals surface area contributed by atoms with Gasteiger partial charge in [-0.25, -0.2) is 4.79 Å². The maximum atomic E-state index is 12.8. The molecular weight excluding hydrogens is 386 g/mol. The van der Waals surface area contributed by atoms with E-state index in [0.717, 1.165) is 27.8 Å². The van der Waals surface area contributed by atoms with Crippen LogP contribution in [0.5, 0.6) is 0 Å². The molecular formula is C27H25NO3. The Morgan fingerprint density at radius 1 is 1.00 bits per heavy atom. The number of amides is 1. The highest BCUT2D eigenvalue weighted by Crippen LogP contribution is 2.40. The molecule has 3 aromatic carbocycles. The van der Waals surface area contributed by atoms with Crippen LogP contribution in [0.4, 0.5) is 0 Å². The van der Waals surface area contributed by atoms with Crippen molar-refractivity contribution < 1.29 is 14.3 Å². The molecule has 3 aromatic rings. The van der Waals surface area contributed by atoms with Crippen molar-refractivity contribution in [3.63, 3.8) is 0 Å². The summed E-state index contributed by atoms with van der Waals surface area (Å²) in [4.78, 5) is 27.1. The van der Waals surface area contributed by atoms with E-state index in [9.17, 15) is 9.59 Å². The molecule has 1 heterocycles. The Balaban J connectivity index is 1.37. The Morgan fingerprint density at radius 3 is 2.55 bits per heavy atom. The maximum absolute atomic E-state index is 12.8. The van der Waals surface area contributed by atoms with Gasteiger partial charge in [-0.15, -0.1) is 0 Å². The van der Waals surface area contributed by atoms with Gasteiger partial charge in [-0.05, 0) is 65.1 Å². The molecule has 1 saturated carbocycles. The first-order chi connectivity index (χ1) is 15.1. The summed E-state index contributed by atoms with van der Waals surface area (Å²) in [6.07, 6.45) is 3.02. The number of carbonyl (C=O) groups is 2. The molecule has 0 N–H and O–H groups in total. The smallest absolute Gasteiger partial charge is 0.338 e. The number of carbonyl (C=O) groups excluding carboxylic acids is 2. The summed E-state index contributed by atoms with van der Waals surface area (Å²) >= 11 is 0. The number of hydrogen-bond acceptors (Lipinski definition) is 3. The van der Waals surface area contributed by atoms with Gasteiger partial charge in [-0.1, -0.05) is 54.6 Å². The van der Waals surface area contributed by atoms with Crippen molar-refractivity contribution in [2.45, 2.75) is 38.3 Å². The van der Waals surface area contributed by atoms with Gasteiger partial charge in [0.05, 0.1) is 12.7 Å². The highest BCUT2D eigenvalue weighted by molar-refractivity contribution is 5.98. The number of benzene rings is 3. The monoisotopic (exact) mass is 411 g/mol. The summed E-state index contributed by atoms with van der Waals surface area (Å²) < 4.78 is 5.04. The Bertz CT molecular complexity index is 1150. The minimum Gasteiger partial charge on any atom is -0.465 e. The van der Waals surface area contributed by atoms with Crippen LogP contribution < -0.4 is 0 Å². The summed E-state index contributed by atoms with van der Waals surface area (Å²) in [5, 5.41) is 0. The molecule has 0 spiro atoms. The van der Waals surface area contributed by atoms with Crippen molar-refractivity contribution in [1.82, 2.24) is 4.90 Å². The van der Waals surface area contributed by atoms with E-state index in [0.29, 0.717) is 31.0 Å². The highest BCUT2D eigenvalue weighted by Gasteiger charge is 2.28. The standard InChI is InChI=1S/C27H25NO3/c1-31-27(30)25-15-21(20-8-9-20)10-11-22(25)13-19-7-12-24-23(14-19)17-28(26(24)29)16-18-5-3-2-4-6-18/h2-7,10-12,14-15,20H,8-9,13,16-17H2,1H3. The fourth-order valence-electron chi connectivity index (χ4n) is 4.41. The molecule has 31 heavy (non-hydrogen) atoms. The molecule has 1 amide bonds. The Labute approximate surface area is 182 Å². The Hall–Kier alpha value is -3.40. The van der Waals surface area contributed by atoms with Crippen LogP contribution in [0.1, 0.15) is 67.3 Å². The topological polar surface area (TPSA) is 46.6 Å². The van der Waals surface area contributed by atoms with E-state index in [1.807, 2.05) is 53.4 Å². The molecule has 0 saturated heterocycles. The zero-order valence-corrected chi connectivity index (χ0v) is 17.6. The minimum atomic E-state index is -0.289. The summed E-state index contributed by atoms with van der Waals surface area (Å²) in [6, 6.07) is 22.3. The lowest BCUT2D eigenvalue weighted by atomic mass is 9.95. The highest BCUT2D eigenvalue weighted by atomic mass is 16.5. The van der Waals surface area contributed by atoms with Crippen LogP contribution in [0, 0.1) is 0 Å². The van der Waals surface area contributed by atoms with Crippen LogP contribution in [0.25, 0.3) is 0 Å². The van der Waals surface area contributed by atoms with Crippen LogP contribution >= 0.6 is 0 Å². The van der Waals surface area contributed by atoms with E-state index < -0.39 is 0 Å². The van der Waals surface area contributed by atoms with Crippen LogP contribution in [-0.2, 0) is 24.2 Å². The van der Waals surface area contributed by atoms with Gasteiger partial charge >= 0.3 is 5.97 Å². The van der Waals surface area contributed by atoms with E-state index >= 15 is 0 Å². The first-order valence-corrected chi connectivity index (χ1v) is 10.8. The number of fused-ring (bicyclic) bond motifs is 1. The number of hydrogen-bond donors (Lipinski definition) is 0. The van der Waals surface area contributed by atoms with Gasteiger partial charge < -0.3 is 9.64 Å². The number of ether oxygens (including phenoxy) is 1. The van der Waals surface area contributed by atoms with Crippen molar-refractivity contribution in [2.24, 2.45) is 0 Å². The molecule has 0 bridgehead atoms. The number of rotatable bonds is 6. The summed E-state index contributed by atoms with van der Waals surface area (Å²) in [7, 11) is 1.43. The van der Waals surface area contributed by atoms with E-state index in [4.69, 9.17) is 4.74 Å². The van der Waals surface area contributed by atoms with Gasteiger partial charge in [0.25, 0.3) is 5.91 Å². The van der Waals surface area contributed by atoms with E-state index in [1.54, 1.807) is 0 Å². The number of methoxy groups -OCH3 is 1. The molecule has 156 valence electrons. The van der Waals surface area contributed by atoms with Gasteiger partial charge in [-0.3, -0.25) is 4.79 Å². The minimum absolute atomic E-state index is 0.0782. The molecule has 0 radical (unpaired) electrons. The van der Waals surface area contributed by atoms with Crippen molar-refractivity contribution in [3.8, 4) is 0 Å². The van der Waals surface area contributed by atoms with Crippen LogP contribution in [0.2, 0.25) is 0 Å². The molecule has 2 aliphatic rings. The van der Waals surface area contributed by atoms with Gasteiger partial charge in [0.15, 0.2) is 0 Å². The number of esters is 1. The summed E-state index contributed by atoms with van der Waals surface area (Å²) in [5.74, 6) is 0.372. The average Bonchev–Trinajstić information content (AvgIpc) is 3.60. The third-order valence-electron chi connectivity index (χ3n) is 6.25. The lowest BCUT2D eigenvalue weighted by Gasteiger charge is -2.15. The van der Waals surface area contributed by atoms with E-state index in [1.165, 1.54) is 25.5 Å². The molecule has 0 aromatic heterocycles. The lowest BCUT2D eigenvalue weighted by molar-refractivity contribution is 0.0599. The Kier molecular flexibility index (Phi) is 5.06. The van der Waals surface area contributed by atoms with E-state index in [-0.39, 0.29) is 11.9 Å². The normalized spacial score (nSPS) is 15.1. The summed E-state index contributed by atoms with van der Waals surface area (Å²) in [5.41, 5.74) is 6.88. The third kappa shape index (κ3) is 3.98. The van der Waals surface area contributed by atoms with Crippen LogP contribution in [0.15, 0.2) is 66.7 Å².